The molecule has 106 valence electrons. The van der Waals surface area contributed by atoms with Gasteiger partial charge >= 0.3 is 5.97 Å². The largest absolute Gasteiger partial charge is 0.463 e. The summed E-state index contributed by atoms with van der Waals surface area (Å²) in [5, 5.41) is 0.653. The maximum atomic E-state index is 12.0. The van der Waals surface area contributed by atoms with E-state index in [9.17, 15) is 9.59 Å². The Balaban J connectivity index is 2.40. The van der Waals surface area contributed by atoms with E-state index in [1.54, 1.807) is 25.7 Å². The summed E-state index contributed by atoms with van der Waals surface area (Å²) >= 11 is 0. The van der Waals surface area contributed by atoms with E-state index in [0.717, 1.165) is 11.9 Å². The van der Waals surface area contributed by atoms with Crippen LogP contribution in [0.1, 0.15) is 16.8 Å². The molecule has 2 heterocycles. The molecule has 0 aliphatic rings. The Morgan fingerprint density at radius 2 is 2.15 bits per heavy atom. The first-order chi connectivity index (χ1) is 9.69. The third-order valence-corrected chi connectivity index (χ3v) is 3.05. The van der Waals surface area contributed by atoms with Gasteiger partial charge in [-0.05, 0) is 12.5 Å². The number of methoxy groups -OCH3 is 2. The number of nitrogens with zero attached hydrogens (tertiary/aromatic N) is 2. The summed E-state index contributed by atoms with van der Waals surface area (Å²) in [6.07, 6.45) is 5.72. The molecule has 0 aliphatic carbocycles. The van der Waals surface area contributed by atoms with Crippen molar-refractivity contribution < 1.29 is 19.1 Å². The van der Waals surface area contributed by atoms with Crippen molar-refractivity contribution in [1.29, 1.82) is 0 Å². The number of esters is 1. The quantitative estimate of drug-likeness (QED) is 0.345. The van der Waals surface area contributed by atoms with Crippen LogP contribution in [0.2, 0.25) is 0 Å². The lowest BCUT2D eigenvalue weighted by Gasteiger charge is -2.03. The van der Waals surface area contributed by atoms with Crippen molar-refractivity contribution in [3.8, 4) is 0 Å². The molecule has 6 nitrogen and oxygen atoms in total. The van der Waals surface area contributed by atoms with Crippen LogP contribution in [0.4, 0.5) is 0 Å². The number of ether oxygens (including phenoxy) is 2. The number of rotatable bonds is 6. The SMILES string of the molecule is COCCCn1cc(C(=O)C(=O)OC)c2cnccc21. The molecule has 2 rings (SSSR count). The molecule has 0 unspecified atom stereocenters. The molecular weight excluding hydrogens is 260 g/mol. The number of aryl methyl sites for hydroxylation is 1. The Morgan fingerprint density at radius 3 is 2.85 bits per heavy atom. The van der Waals surface area contributed by atoms with E-state index in [4.69, 9.17) is 4.74 Å². The molecule has 0 aromatic carbocycles. The lowest BCUT2D eigenvalue weighted by Crippen LogP contribution is -2.15. The van der Waals surface area contributed by atoms with E-state index in [0.29, 0.717) is 24.1 Å². The number of fused-ring (bicyclic) bond motifs is 1. The van der Waals surface area contributed by atoms with Gasteiger partial charge in [0.1, 0.15) is 0 Å². The van der Waals surface area contributed by atoms with E-state index in [1.807, 2.05) is 10.6 Å². The normalized spacial score (nSPS) is 10.7. The summed E-state index contributed by atoms with van der Waals surface area (Å²) in [6, 6.07) is 1.82. The fraction of sp³-hybridized carbons (Fsp3) is 0.357. The molecular formula is C14H16N2O4. The first kappa shape index (κ1) is 14.2. The third kappa shape index (κ3) is 2.70. The minimum atomic E-state index is -0.871. The summed E-state index contributed by atoms with van der Waals surface area (Å²) in [6.45, 7) is 1.33. The second kappa shape index (κ2) is 6.29. The molecule has 0 spiro atoms. The van der Waals surface area contributed by atoms with Gasteiger partial charge in [-0.25, -0.2) is 4.79 Å². The Kier molecular flexibility index (Phi) is 4.47. The number of pyridine rings is 1. The van der Waals surface area contributed by atoms with Gasteiger partial charge in [-0.1, -0.05) is 0 Å². The number of carbonyl (C=O) groups excluding carboxylic acids is 2. The van der Waals surface area contributed by atoms with E-state index >= 15 is 0 Å². The Labute approximate surface area is 116 Å². The van der Waals surface area contributed by atoms with Crippen molar-refractivity contribution in [2.45, 2.75) is 13.0 Å². The van der Waals surface area contributed by atoms with Crippen LogP contribution in [0.5, 0.6) is 0 Å². The summed E-state index contributed by atoms with van der Waals surface area (Å²) in [5.41, 5.74) is 1.18. The topological polar surface area (TPSA) is 70.4 Å². The van der Waals surface area contributed by atoms with Crippen molar-refractivity contribution in [3.05, 3.63) is 30.2 Å². The zero-order valence-electron chi connectivity index (χ0n) is 11.5. The average Bonchev–Trinajstić information content (AvgIpc) is 2.85. The van der Waals surface area contributed by atoms with Crippen molar-refractivity contribution in [1.82, 2.24) is 9.55 Å². The van der Waals surface area contributed by atoms with E-state index in [1.165, 1.54) is 7.11 Å². The van der Waals surface area contributed by atoms with Crippen LogP contribution in [-0.4, -0.2) is 42.1 Å². The molecule has 0 aliphatic heterocycles. The van der Waals surface area contributed by atoms with Gasteiger partial charge in [-0.3, -0.25) is 9.78 Å². The van der Waals surface area contributed by atoms with Crippen LogP contribution in [0.15, 0.2) is 24.7 Å². The maximum absolute atomic E-state index is 12.0. The molecule has 0 N–H and O–H groups in total. The van der Waals surface area contributed by atoms with Crippen molar-refractivity contribution in [3.63, 3.8) is 0 Å². The standard InChI is InChI=1S/C14H16N2O4/c1-19-7-3-6-16-9-11(13(17)14(18)20-2)10-8-15-5-4-12(10)16/h4-5,8-9H,3,6-7H2,1-2H3. The number of aromatic nitrogens is 2. The minimum Gasteiger partial charge on any atom is -0.463 e. The highest BCUT2D eigenvalue weighted by atomic mass is 16.5. The molecule has 0 saturated carbocycles. The van der Waals surface area contributed by atoms with Crippen LogP contribution in [-0.2, 0) is 20.8 Å². The van der Waals surface area contributed by atoms with Gasteiger partial charge in [0.05, 0.1) is 18.2 Å². The molecule has 2 aromatic rings. The van der Waals surface area contributed by atoms with Crippen LogP contribution >= 0.6 is 0 Å². The first-order valence-electron chi connectivity index (χ1n) is 6.23. The summed E-state index contributed by atoms with van der Waals surface area (Å²) < 4.78 is 11.4. The molecule has 0 bridgehead atoms. The van der Waals surface area contributed by atoms with Gasteiger partial charge in [0.25, 0.3) is 5.78 Å². The summed E-state index contributed by atoms with van der Waals surface area (Å²) in [5.74, 6) is -1.53. The van der Waals surface area contributed by atoms with Gasteiger partial charge in [0, 0.05) is 44.2 Å². The van der Waals surface area contributed by atoms with Gasteiger partial charge < -0.3 is 14.0 Å². The molecule has 2 aromatic heterocycles. The smallest absolute Gasteiger partial charge is 0.379 e. The molecule has 20 heavy (non-hydrogen) atoms. The number of hydrogen-bond acceptors (Lipinski definition) is 5. The fourth-order valence-corrected chi connectivity index (χ4v) is 2.09. The predicted octanol–water partition coefficient (Wildman–Crippen LogP) is 1.43. The van der Waals surface area contributed by atoms with Crippen LogP contribution in [0, 0.1) is 0 Å². The van der Waals surface area contributed by atoms with Gasteiger partial charge in [-0.15, -0.1) is 0 Å². The third-order valence-electron chi connectivity index (χ3n) is 3.05. The molecule has 0 fully saturated rings. The monoisotopic (exact) mass is 276 g/mol. The lowest BCUT2D eigenvalue weighted by molar-refractivity contribution is -0.135. The van der Waals surface area contributed by atoms with Crippen LogP contribution in [0.3, 0.4) is 0 Å². The highest BCUT2D eigenvalue weighted by molar-refractivity contribution is 6.42. The molecule has 0 amide bonds. The number of Topliss-reactive ketones (excluding diaryl/α,β-unsaturated/α-hetero) is 1. The lowest BCUT2D eigenvalue weighted by atomic mass is 10.1. The van der Waals surface area contributed by atoms with Crippen LogP contribution < -0.4 is 0 Å². The number of ketones is 1. The zero-order valence-corrected chi connectivity index (χ0v) is 11.5. The second-order valence-electron chi connectivity index (χ2n) is 4.30. The molecule has 0 saturated heterocycles. The highest BCUT2D eigenvalue weighted by Crippen LogP contribution is 2.21. The number of carbonyl (C=O) groups is 2. The Bertz CT molecular complexity index is 633. The molecule has 6 heteroatoms. The predicted molar refractivity (Wildman–Crippen MR) is 72.6 cm³/mol. The molecule has 0 radical (unpaired) electrons. The van der Waals surface area contributed by atoms with Gasteiger partial charge in [0.2, 0.25) is 0 Å². The van der Waals surface area contributed by atoms with E-state index in [-0.39, 0.29) is 0 Å². The first-order valence-corrected chi connectivity index (χ1v) is 6.23. The Morgan fingerprint density at radius 1 is 1.35 bits per heavy atom. The van der Waals surface area contributed by atoms with E-state index < -0.39 is 11.8 Å². The van der Waals surface area contributed by atoms with Crippen LogP contribution in [0.25, 0.3) is 10.9 Å². The van der Waals surface area contributed by atoms with Gasteiger partial charge in [-0.2, -0.15) is 0 Å². The Hall–Kier alpha value is -2.21. The maximum Gasteiger partial charge on any atom is 0.379 e. The van der Waals surface area contributed by atoms with Crippen molar-refractivity contribution in [2.24, 2.45) is 0 Å². The van der Waals surface area contributed by atoms with Crippen molar-refractivity contribution >= 4 is 22.7 Å². The number of hydrogen-bond donors (Lipinski definition) is 0. The van der Waals surface area contributed by atoms with E-state index in [2.05, 4.69) is 9.72 Å². The molecule has 0 atom stereocenters. The summed E-state index contributed by atoms with van der Waals surface area (Å²) in [4.78, 5) is 27.4. The average molecular weight is 276 g/mol. The summed E-state index contributed by atoms with van der Waals surface area (Å²) in [7, 11) is 2.83. The fourth-order valence-electron chi connectivity index (χ4n) is 2.09. The zero-order chi connectivity index (χ0) is 14.5. The minimum absolute atomic E-state index is 0.317. The highest BCUT2D eigenvalue weighted by Gasteiger charge is 2.22. The van der Waals surface area contributed by atoms with Crippen molar-refractivity contribution in [2.75, 3.05) is 20.8 Å². The van der Waals surface area contributed by atoms with Gasteiger partial charge in [0.15, 0.2) is 0 Å². The second-order valence-corrected chi connectivity index (χ2v) is 4.30.